The largest absolute Gasteiger partial charge is 0.471 e. The van der Waals surface area contributed by atoms with Crippen molar-refractivity contribution < 1.29 is 49.1 Å². The molecule has 3 rings (SSSR count). The van der Waals surface area contributed by atoms with Crippen LogP contribution in [0.3, 0.4) is 0 Å². The molecule has 0 aromatic heterocycles. The number of carbonyl (C=O) groups excluding carboxylic acids is 3. The first-order valence-corrected chi connectivity index (χ1v) is 15.8. The van der Waals surface area contributed by atoms with E-state index in [0.29, 0.717) is 18.7 Å². The molecule has 2 aromatic carbocycles. The van der Waals surface area contributed by atoms with E-state index in [2.05, 4.69) is 16.0 Å². The van der Waals surface area contributed by atoms with Crippen LogP contribution in [0.25, 0.3) is 0 Å². The second kappa shape index (κ2) is 14.1. The van der Waals surface area contributed by atoms with Gasteiger partial charge in [-0.15, -0.1) is 11.8 Å². The molecule has 0 saturated carbocycles. The predicted molar refractivity (Wildman–Crippen MR) is 151 cm³/mol. The molecule has 4 amide bonds. The number of urea groups is 1. The van der Waals surface area contributed by atoms with E-state index in [1.807, 2.05) is 11.6 Å². The summed E-state index contributed by atoms with van der Waals surface area (Å²) in [5, 5.41) is 9.52. The Morgan fingerprint density at radius 3 is 2.27 bits per heavy atom. The van der Waals surface area contributed by atoms with Gasteiger partial charge < -0.3 is 21.3 Å². The van der Waals surface area contributed by atoms with Crippen molar-refractivity contribution in [2.24, 2.45) is 5.92 Å². The van der Waals surface area contributed by atoms with Gasteiger partial charge in [-0.1, -0.05) is 0 Å². The minimum Gasteiger partial charge on any atom is -0.350 e. The van der Waals surface area contributed by atoms with Crippen LogP contribution in [-0.4, -0.2) is 77.2 Å². The maximum Gasteiger partial charge on any atom is 0.471 e. The van der Waals surface area contributed by atoms with Gasteiger partial charge in [0.15, 0.2) is 9.84 Å². The summed E-state index contributed by atoms with van der Waals surface area (Å²) in [5.74, 6) is -4.96. The molecule has 1 aliphatic heterocycles. The molecule has 0 bridgehead atoms. The molecule has 10 nitrogen and oxygen atoms in total. The van der Waals surface area contributed by atoms with Crippen molar-refractivity contribution in [1.29, 1.82) is 0 Å². The zero-order chi connectivity index (χ0) is 32.9. The molecule has 18 heteroatoms. The Balaban J connectivity index is 1.91. The number of hydrogen-bond donors (Lipinski definition) is 4. The lowest BCUT2D eigenvalue weighted by molar-refractivity contribution is -0.170. The van der Waals surface area contributed by atoms with Crippen molar-refractivity contribution in [2.45, 2.75) is 34.6 Å². The van der Waals surface area contributed by atoms with E-state index >= 15 is 0 Å². The highest BCUT2D eigenvalue weighted by Gasteiger charge is 2.45. The maximum absolute atomic E-state index is 13.6. The second-order valence-electron chi connectivity index (χ2n) is 9.71. The van der Waals surface area contributed by atoms with Crippen LogP contribution in [0.5, 0.6) is 0 Å². The maximum atomic E-state index is 13.6. The van der Waals surface area contributed by atoms with Gasteiger partial charge in [-0.05, 0) is 67.6 Å². The molecule has 0 aliphatic carbocycles. The molecule has 2 aromatic rings. The van der Waals surface area contributed by atoms with E-state index in [4.69, 9.17) is 0 Å². The van der Waals surface area contributed by atoms with Crippen molar-refractivity contribution in [3.63, 3.8) is 0 Å². The number of rotatable bonds is 9. The van der Waals surface area contributed by atoms with Crippen LogP contribution >= 0.6 is 11.8 Å². The smallest absolute Gasteiger partial charge is 0.350 e. The average molecular weight is 670 g/mol. The van der Waals surface area contributed by atoms with Crippen molar-refractivity contribution in [1.82, 2.24) is 16.0 Å². The predicted octanol–water partition coefficient (Wildman–Crippen LogP) is 3.64. The number of piperidine rings is 1. The Morgan fingerprint density at radius 2 is 1.70 bits per heavy atom. The van der Waals surface area contributed by atoms with Gasteiger partial charge in [-0.2, -0.15) is 26.3 Å². The van der Waals surface area contributed by atoms with E-state index < -0.39 is 81.2 Å². The summed E-state index contributed by atoms with van der Waals surface area (Å²) in [5.41, 5.74) is -3.09. The van der Waals surface area contributed by atoms with Crippen LogP contribution in [0.15, 0.2) is 52.3 Å². The van der Waals surface area contributed by atoms with Crippen molar-refractivity contribution in [3.05, 3.63) is 48.0 Å². The Bertz CT molecular complexity index is 1470. The summed E-state index contributed by atoms with van der Waals surface area (Å²) in [6.07, 6.45) is -8.57. The standard InChI is InChI=1S/C26H29F6N5O5S2/c1-33-24(40)36-19-8-3-16(25(27,28)29)11-21(19)37(23(39)26(30,31)32)13-22(38)35-20-12-34-10-9-15(20)14-44(41,42)18-6-4-17(43-2)5-7-18/h3-8,11,15,20,34H,9-10,12-14H2,1-2H3,(H,35,38)(H2,33,36,40)/t15-,20-/m0/s1. The summed E-state index contributed by atoms with van der Waals surface area (Å²) in [6.45, 7) is -0.971. The number of anilines is 2. The van der Waals surface area contributed by atoms with E-state index in [9.17, 15) is 49.1 Å². The number of thioether (sulfide) groups is 1. The fourth-order valence-electron chi connectivity index (χ4n) is 4.48. The topological polar surface area (TPSA) is 137 Å². The van der Waals surface area contributed by atoms with Crippen LogP contribution in [0.1, 0.15) is 12.0 Å². The summed E-state index contributed by atoms with van der Waals surface area (Å²) < 4.78 is 108. The van der Waals surface area contributed by atoms with Crippen LogP contribution in [0, 0.1) is 5.92 Å². The third-order valence-electron chi connectivity index (χ3n) is 6.70. The zero-order valence-electron chi connectivity index (χ0n) is 23.3. The molecular formula is C26H29F6N5O5S2. The monoisotopic (exact) mass is 669 g/mol. The number of nitrogens with zero attached hydrogens (tertiary/aromatic N) is 1. The first-order chi connectivity index (χ1) is 20.5. The highest BCUT2D eigenvalue weighted by molar-refractivity contribution is 7.98. The summed E-state index contributed by atoms with van der Waals surface area (Å²) in [6, 6.07) is 5.56. The minimum absolute atomic E-state index is 0.0393. The van der Waals surface area contributed by atoms with Gasteiger partial charge in [-0.3, -0.25) is 14.5 Å². The number of nitrogens with one attached hydrogen (secondary N) is 4. The number of carbonyl (C=O) groups is 3. The van der Waals surface area contributed by atoms with Gasteiger partial charge in [-0.25, -0.2) is 13.2 Å². The highest BCUT2D eigenvalue weighted by Crippen LogP contribution is 2.37. The van der Waals surface area contributed by atoms with Gasteiger partial charge >= 0.3 is 24.3 Å². The van der Waals surface area contributed by atoms with Crippen molar-refractivity contribution >= 4 is 50.8 Å². The van der Waals surface area contributed by atoms with E-state index in [-0.39, 0.29) is 28.8 Å². The van der Waals surface area contributed by atoms with Crippen LogP contribution in [0.2, 0.25) is 0 Å². The Labute approximate surface area is 253 Å². The summed E-state index contributed by atoms with van der Waals surface area (Å²) in [4.78, 5) is 38.0. The van der Waals surface area contributed by atoms with Gasteiger partial charge in [0.2, 0.25) is 5.91 Å². The van der Waals surface area contributed by atoms with Crippen LogP contribution in [-0.2, 0) is 25.6 Å². The van der Waals surface area contributed by atoms with Gasteiger partial charge in [0.25, 0.3) is 0 Å². The summed E-state index contributed by atoms with van der Waals surface area (Å²) in [7, 11) is -2.71. The average Bonchev–Trinajstić information content (AvgIpc) is 2.95. The Kier molecular flexibility index (Phi) is 11.2. The number of halogens is 6. The number of sulfone groups is 1. The number of amides is 4. The van der Waals surface area contributed by atoms with Crippen molar-refractivity contribution in [2.75, 3.05) is 48.9 Å². The van der Waals surface area contributed by atoms with Gasteiger partial charge in [0.1, 0.15) is 6.54 Å². The first-order valence-electron chi connectivity index (χ1n) is 12.9. The van der Waals surface area contributed by atoms with Crippen molar-refractivity contribution in [3.8, 4) is 0 Å². The number of alkyl halides is 6. The lowest BCUT2D eigenvalue weighted by atomic mass is 9.94. The molecule has 1 saturated heterocycles. The zero-order valence-corrected chi connectivity index (χ0v) is 24.9. The number of hydrogen-bond acceptors (Lipinski definition) is 7. The normalized spacial score (nSPS) is 17.5. The van der Waals surface area contributed by atoms with Crippen LogP contribution in [0.4, 0.5) is 42.5 Å². The lowest BCUT2D eigenvalue weighted by Crippen LogP contribution is -2.55. The van der Waals surface area contributed by atoms with Gasteiger partial charge in [0.05, 0.1) is 27.6 Å². The molecule has 44 heavy (non-hydrogen) atoms. The quantitative estimate of drug-likeness (QED) is 0.237. The Hall–Kier alpha value is -3.51. The van der Waals surface area contributed by atoms with Crippen LogP contribution < -0.4 is 26.2 Å². The molecule has 0 spiro atoms. The fraction of sp³-hybridized carbons (Fsp3) is 0.423. The lowest BCUT2D eigenvalue weighted by Gasteiger charge is -2.33. The van der Waals surface area contributed by atoms with E-state index in [1.54, 1.807) is 12.1 Å². The molecule has 4 N–H and O–H groups in total. The molecule has 1 aliphatic rings. The van der Waals surface area contributed by atoms with Gasteiger partial charge in [0, 0.05) is 24.5 Å². The molecule has 242 valence electrons. The highest BCUT2D eigenvalue weighted by atomic mass is 32.2. The molecule has 1 fully saturated rings. The van der Waals surface area contributed by atoms with E-state index in [0.717, 1.165) is 11.9 Å². The van der Waals surface area contributed by atoms with E-state index in [1.165, 1.54) is 23.9 Å². The third-order valence-corrected chi connectivity index (χ3v) is 9.31. The number of benzene rings is 2. The minimum atomic E-state index is -5.62. The molecule has 0 radical (unpaired) electrons. The molecule has 1 heterocycles. The first kappa shape index (κ1) is 35.0. The third kappa shape index (κ3) is 9.01. The molecule has 2 atom stereocenters. The SMILES string of the molecule is CNC(=O)Nc1ccc(C(F)(F)F)cc1N(CC(=O)N[C@H]1CNCC[C@H]1CS(=O)(=O)c1ccc(SC)cc1)C(=O)C(F)(F)F. The fourth-order valence-corrected chi connectivity index (χ4v) is 6.59. The molecule has 0 unspecified atom stereocenters. The molecular weight excluding hydrogens is 640 g/mol. The summed E-state index contributed by atoms with van der Waals surface area (Å²) >= 11 is 1.42. The Morgan fingerprint density at radius 1 is 1.05 bits per heavy atom. The second-order valence-corrected chi connectivity index (χ2v) is 12.6.